The molecule has 1 aromatic rings. The van der Waals surface area contributed by atoms with Gasteiger partial charge in [-0.3, -0.25) is 4.79 Å². The number of amides is 1. The lowest BCUT2D eigenvalue weighted by Gasteiger charge is -2.35. The van der Waals surface area contributed by atoms with Gasteiger partial charge in [0.2, 0.25) is 5.91 Å². The van der Waals surface area contributed by atoms with E-state index in [1.54, 1.807) is 7.11 Å². The molecule has 2 atom stereocenters. The van der Waals surface area contributed by atoms with Crippen molar-refractivity contribution in [2.75, 3.05) is 20.3 Å². The molecular formula is C18H24F3N3O4. The second-order valence-corrected chi connectivity index (χ2v) is 6.84. The smallest absolute Gasteiger partial charge is 0.475 e. The molecule has 28 heavy (non-hydrogen) atoms. The van der Waals surface area contributed by atoms with E-state index in [-0.39, 0.29) is 17.7 Å². The molecule has 0 fully saturated rings. The van der Waals surface area contributed by atoms with Crippen LogP contribution >= 0.6 is 0 Å². The molecule has 156 valence electrons. The fraction of sp³-hybridized carbons (Fsp3) is 0.611. The summed E-state index contributed by atoms with van der Waals surface area (Å²) in [4.78, 5) is 28.1. The van der Waals surface area contributed by atoms with Crippen LogP contribution in [0.2, 0.25) is 0 Å². The van der Waals surface area contributed by atoms with E-state index in [0.29, 0.717) is 13.2 Å². The molecule has 2 unspecified atom stereocenters. The van der Waals surface area contributed by atoms with Gasteiger partial charge in [-0.15, -0.1) is 0 Å². The number of aryl methyl sites for hydroxylation is 1. The van der Waals surface area contributed by atoms with Crippen LogP contribution in [0.1, 0.15) is 36.6 Å². The summed E-state index contributed by atoms with van der Waals surface area (Å²) >= 11 is 0. The van der Waals surface area contributed by atoms with Crippen molar-refractivity contribution < 1.29 is 32.6 Å². The molecule has 1 N–H and O–H groups in total. The maximum Gasteiger partial charge on any atom is 0.490 e. The SMILES string of the molecule is COCC1CN(C(=O)C2CC=CCC2)Cc2ncn(C)c21.O=C(O)C(F)(F)F. The van der Waals surface area contributed by atoms with Crippen LogP contribution in [0.4, 0.5) is 13.2 Å². The summed E-state index contributed by atoms with van der Waals surface area (Å²) in [6, 6.07) is 0. The Kier molecular flexibility index (Phi) is 7.22. The van der Waals surface area contributed by atoms with Crippen molar-refractivity contribution in [1.82, 2.24) is 14.5 Å². The molecule has 0 radical (unpaired) electrons. The topological polar surface area (TPSA) is 84.7 Å². The van der Waals surface area contributed by atoms with E-state index in [9.17, 15) is 18.0 Å². The van der Waals surface area contributed by atoms with Crippen molar-refractivity contribution >= 4 is 11.9 Å². The molecule has 0 spiro atoms. The fourth-order valence-electron chi connectivity index (χ4n) is 3.51. The highest BCUT2D eigenvalue weighted by atomic mass is 19.4. The Morgan fingerprint density at radius 1 is 1.36 bits per heavy atom. The molecule has 1 amide bonds. The third-order valence-corrected chi connectivity index (χ3v) is 4.77. The van der Waals surface area contributed by atoms with Gasteiger partial charge in [0.05, 0.1) is 25.2 Å². The Hall–Kier alpha value is -2.36. The molecule has 10 heteroatoms. The normalized spacial score (nSPS) is 21.5. The van der Waals surface area contributed by atoms with Crippen molar-refractivity contribution in [2.45, 2.75) is 37.9 Å². The van der Waals surface area contributed by atoms with Gasteiger partial charge in [0.15, 0.2) is 0 Å². The van der Waals surface area contributed by atoms with Crippen LogP contribution in [0.15, 0.2) is 18.5 Å². The van der Waals surface area contributed by atoms with Gasteiger partial charge in [-0.05, 0) is 19.3 Å². The molecule has 0 bridgehead atoms. The van der Waals surface area contributed by atoms with Crippen LogP contribution in [-0.4, -0.2) is 57.9 Å². The van der Waals surface area contributed by atoms with Gasteiger partial charge in [0, 0.05) is 38.2 Å². The first-order valence-corrected chi connectivity index (χ1v) is 8.88. The molecule has 0 aromatic carbocycles. The summed E-state index contributed by atoms with van der Waals surface area (Å²) in [6.07, 6.45) is 3.92. The van der Waals surface area contributed by atoms with Crippen LogP contribution in [0.5, 0.6) is 0 Å². The summed E-state index contributed by atoms with van der Waals surface area (Å²) in [5.41, 5.74) is 2.23. The monoisotopic (exact) mass is 403 g/mol. The van der Waals surface area contributed by atoms with Crippen LogP contribution in [0.3, 0.4) is 0 Å². The number of carboxylic acids is 1. The number of carboxylic acid groups (broad SMARTS) is 1. The molecule has 0 saturated carbocycles. The maximum atomic E-state index is 12.7. The largest absolute Gasteiger partial charge is 0.490 e. The number of carbonyl (C=O) groups is 2. The van der Waals surface area contributed by atoms with E-state index >= 15 is 0 Å². The third-order valence-electron chi connectivity index (χ3n) is 4.77. The molecule has 2 heterocycles. The van der Waals surface area contributed by atoms with Crippen LogP contribution in [0.25, 0.3) is 0 Å². The molecule has 1 aliphatic carbocycles. The molecule has 3 rings (SSSR count). The number of methoxy groups -OCH3 is 1. The minimum absolute atomic E-state index is 0.142. The molecule has 2 aliphatic rings. The predicted octanol–water partition coefficient (Wildman–Crippen LogP) is 2.48. The van der Waals surface area contributed by atoms with E-state index in [4.69, 9.17) is 14.6 Å². The van der Waals surface area contributed by atoms with Gasteiger partial charge in [-0.2, -0.15) is 13.2 Å². The first kappa shape index (κ1) is 21.9. The zero-order valence-electron chi connectivity index (χ0n) is 15.8. The van der Waals surface area contributed by atoms with E-state index in [1.165, 1.54) is 5.69 Å². The number of ether oxygens (including phenoxy) is 1. The van der Waals surface area contributed by atoms with Gasteiger partial charge in [-0.25, -0.2) is 9.78 Å². The third kappa shape index (κ3) is 5.34. The van der Waals surface area contributed by atoms with Crippen LogP contribution in [0, 0.1) is 5.92 Å². The van der Waals surface area contributed by atoms with Gasteiger partial charge < -0.3 is 19.3 Å². The number of hydrogen-bond acceptors (Lipinski definition) is 4. The number of imidazole rings is 1. The number of fused-ring (bicyclic) bond motifs is 1. The fourth-order valence-corrected chi connectivity index (χ4v) is 3.51. The highest BCUT2D eigenvalue weighted by Crippen LogP contribution is 2.30. The van der Waals surface area contributed by atoms with Gasteiger partial charge in [-0.1, -0.05) is 12.2 Å². The van der Waals surface area contributed by atoms with Gasteiger partial charge in [0.1, 0.15) is 0 Å². The van der Waals surface area contributed by atoms with Crippen molar-refractivity contribution in [1.29, 1.82) is 0 Å². The first-order chi connectivity index (χ1) is 13.1. The molecular weight excluding hydrogens is 379 g/mol. The van der Waals surface area contributed by atoms with Gasteiger partial charge >= 0.3 is 12.1 Å². The van der Waals surface area contributed by atoms with Gasteiger partial charge in [0.25, 0.3) is 0 Å². The highest BCUT2D eigenvalue weighted by Gasteiger charge is 2.38. The minimum atomic E-state index is -5.08. The lowest BCUT2D eigenvalue weighted by atomic mass is 9.91. The number of hydrogen-bond donors (Lipinski definition) is 1. The van der Waals surface area contributed by atoms with Crippen molar-refractivity contribution in [3.63, 3.8) is 0 Å². The number of allylic oxidation sites excluding steroid dienone is 2. The molecule has 1 aromatic heterocycles. The lowest BCUT2D eigenvalue weighted by Crippen LogP contribution is -2.43. The Morgan fingerprint density at radius 2 is 2.04 bits per heavy atom. The van der Waals surface area contributed by atoms with Crippen LogP contribution < -0.4 is 0 Å². The number of halogens is 3. The highest BCUT2D eigenvalue weighted by molar-refractivity contribution is 5.79. The summed E-state index contributed by atoms with van der Waals surface area (Å²) in [5, 5.41) is 7.12. The van der Waals surface area contributed by atoms with E-state index in [0.717, 1.165) is 31.5 Å². The Labute approximate surface area is 160 Å². The molecule has 1 aliphatic heterocycles. The Morgan fingerprint density at radius 3 is 2.57 bits per heavy atom. The van der Waals surface area contributed by atoms with E-state index < -0.39 is 12.1 Å². The number of alkyl halides is 3. The molecule has 0 saturated heterocycles. The summed E-state index contributed by atoms with van der Waals surface area (Å²) in [5.74, 6) is -2.12. The van der Waals surface area contributed by atoms with Crippen LogP contribution in [-0.2, 0) is 27.9 Å². The Bertz CT molecular complexity index is 730. The van der Waals surface area contributed by atoms with Crippen molar-refractivity contribution in [2.24, 2.45) is 13.0 Å². The maximum absolute atomic E-state index is 12.7. The second kappa shape index (κ2) is 9.22. The van der Waals surface area contributed by atoms with E-state index in [2.05, 4.69) is 21.7 Å². The predicted molar refractivity (Wildman–Crippen MR) is 93.4 cm³/mol. The number of carbonyl (C=O) groups excluding carboxylic acids is 1. The zero-order valence-corrected chi connectivity index (χ0v) is 15.8. The summed E-state index contributed by atoms with van der Waals surface area (Å²) < 4.78 is 39.1. The number of nitrogens with zero attached hydrogens (tertiary/aromatic N) is 3. The number of rotatable bonds is 3. The minimum Gasteiger partial charge on any atom is -0.475 e. The van der Waals surface area contributed by atoms with E-state index in [1.807, 2.05) is 18.3 Å². The van der Waals surface area contributed by atoms with Crippen molar-refractivity contribution in [3.8, 4) is 0 Å². The van der Waals surface area contributed by atoms with Crippen molar-refractivity contribution in [3.05, 3.63) is 29.9 Å². The lowest BCUT2D eigenvalue weighted by molar-refractivity contribution is -0.192. The number of aliphatic carboxylic acids is 1. The second-order valence-electron chi connectivity index (χ2n) is 6.84. The zero-order chi connectivity index (χ0) is 20.9. The summed E-state index contributed by atoms with van der Waals surface area (Å²) in [6.45, 7) is 2.00. The number of aromatic nitrogens is 2. The first-order valence-electron chi connectivity index (χ1n) is 8.88. The summed E-state index contributed by atoms with van der Waals surface area (Å²) in [7, 11) is 3.72. The standard InChI is InChI=1S/C16H23N3O2.C2HF3O2/c1-18-11-17-14-9-19(8-13(10-21-2)15(14)18)16(20)12-6-4-3-5-7-12;3-2(4,5)1(6)7/h3-4,11-13H,5-10H2,1-2H3;(H,6,7). The average molecular weight is 403 g/mol. The quantitative estimate of drug-likeness (QED) is 0.784. The Balaban J connectivity index is 0.000000345. The average Bonchev–Trinajstić information content (AvgIpc) is 3.03. The molecule has 7 nitrogen and oxygen atoms in total.